The summed E-state index contributed by atoms with van der Waals surface area (Å²) in [4.78, 5) is 13.5. The fourth-order valence-electron chi connectivity index (χ4n) is 3.40. The van der Waals surface area contributed by atoms with E-state index in [0.29, 0.717) is 26.9 Å². The highest BCUT2D eigenvalue weighted by Crippen LogP contribution is 2.39. The molecule has 136 valence electrons. The zero-order valence-electron chi connectivity index (χ0n) is 14.5. The Morgan fingerprint density at radius 2 is 1.63 bits per heavy atom. The van der Waals surface area contributed by atoms with Crippen molar-refractivity contribution in [2.24, 2.45) is 4.36 Å². The molecule has 0 N–H and O–H groups in total. The van der Waals surface area contributed by atoms with E-state index >= 15 is 0 Å². The summed E-state index contributed by atoms with van der Waals surface area (Å²) in [6, 6.07) is 23.9. The number of rotatable bonds is 4. The number of nitrogens with zero attached hydrogens (tertiary/aromatic N) is 1. The van der Waals surface area contributed by atoms with E-state index in [1.165, 1.54) is 0 Å². The number of halogens is 1. The lowest BCUT2D eigenvalue weighted by atomic mass is 9.92. The summed E-state index contributed by atoms with van der Waals surface area (Å²) < 4.78 is 18.2. The van der Waals surface area contributed by atoms with Gasteiger partial charge in [-0.3, -0.25) is 4.79 Å². The highest BCUT2D eigenvalue weighted by molar-refractivity contribution is 7.93. The van der Waals surface area contributed by atoms with E-state index < -0.39 is 9.73 Å². The molecule has 0 saturated heterocycles. The van der Waals surface area contributed by atoms with Gasteiger partial charge >= 0.3 is 0 Å². The first-order chi connectivity index (χ1) is 13.0. The molecule has 0 unspecified atom stereocenters. The van der Waals surface area contributed by atoms with E-state index in [1.54, 1.807) is 24.3 Å². The van der Waals surface area contributed by atoms with Crippen LogP contribution in [0, 0.1) is 0 Å². The molecule has 4 rings (SSSR count). The first-order valence-corrected chi connectivity index (χ1v) is 10.8. The molecule has 0 saturated carbocycles. The topological polar surface area (TPSA) is 46.5 Å². The minimum atomic E-state index is -2.61. The Morgan fingerprint density at radius 1 is 0.963 bits per heavy atom. The van der Waals surface area contributed by atoms with Gasteiger partial charge in [-0.2, -0.15) is 4.36 Å². The van der Waals surface area contributed by atoms with Crippen molar-refractivity contribution in [3.8, 4) is 0 Å². The number of carbonyl (C=O) groups excluding carboxylic acids is 1. The Morgan fingerprint density at radius 3 is 2.37 bits per heavy atom. The van der Waals surface area contributed by atoms with E-state index in [4.69, 9.17) is 11.6 Å². The third-order valence-corrected chi connectivity index (χ3v) is 7.37. The summed E-state index contributed by atoms with van der Waals surface area (Å²) in [6.45, 7) is 0. The Kier molecular flexibility index (Phi) is 4.85. The van der Waals surface area contributed by atoms with Crippen molar-refractivity contribution in [3.63, 3.8) is 0 Å². The van der Waals surface area contributed by atoms with Gasteiger partial charge < -0.3 is 0 Å². The third kappa shape index (κ3) is 3.68. The average Bonchev–Trinajstić information content (AvgIpc) is 2.69. The van der Waals surface area contributed by atoms with Crippen molar-refractivity contribution in [2.45, 2.75) is 17.2 Å². The van der Waals surface area contributed by atoms with Crippen LogP contribution in [0.5, 0.6) is 0 Å². The molecular formula is C22H18ClNO2S. The number of Topliss-reactive ketones (excluding diaryl/α,β-unsaturated/α-hetero) is 1. The summed E-state index contributed by atoms with van der Waals surface area (Å²) in [6.07, 6.45) is 0.290. The maximum Gasteiger partial charge on any atom is 0.163 e. The third-order valence-electron chi connectivity index (χ3n) is 4.76. The molecule has 0 fully saturated rings. The van der Waals surface area contributed by atoms with Crippen molar-refractivity contribution in [1.82, 2.24) is 0 Å². The van der Waals surface area contributed by atoms with Crippen molar-refractivity contribution >= 4 is 32.8 Å². The van der Waals surface area contributed by atoms with Gasteiger partial charge in [0, 0.05) is 33.6 Å². The molecule has 5 heteroatoms. The van der Waals surface area contributed by atoms with Crippen molar-refractivity contribution in [2.75, 3.05) is 5.75 Å². The van der Waals surface area contributed by atoms with Crippen LogP contribution < -0.4 is 0 Å². The van der Waals surface area contributed by atoms with Crippen LogP contribution in [0.25, 0.3) is 0 Å². The van der Waals surface area contributed by atoms with Gasteiger partial charge in [-0.1, -0.05) is 48.0 Å². The fraction of sp³-hybridized carbons (Fsp3) is 0.136. The first kappa shape index (κ1) is 18.0. The van der Waals surface area contributed by atoms with Gasteiger partial charge in [-0.15, -0.1) is 0 Å². The molecular weight excluding hydrogens is 378 g/mol. The Balaban J connectivity index is 1.71. The van der Waals surface area contributed by atoms with E-state index in [-0.39, 0.29) is 18.1 Å². The summed E-state index contributed by atoms with van der Waals surface area (Å²) in [5, 5.41) is 0.598. The average molecular weight is 396 g/mol. The van der Waals surface area contributed by atoms with Crippen molar-refractivity contribution in [3.05, 3.63) is 95.0 Å². The van der Waals surface area contributed by atoms with E-state index in [1.807, 2.05) is 54.6 Å². The zero-order valence-corrected chi connectivity index (χ0v) is 16.1. The van der Waals surface area contributed by atoms with Crippen LogP contribution in [0.3, 0.4) is 0 Å². The zero-order chi connectivity index (χ0) is 18.9. The van der Waals surface area contributed by atoms with Gasteiger partial charge in [-0.25, -0.2) is 4.21 Å². The second-order valence-electron chi connectivity index (χ2n) is 6.60. The first-order valence-electron chi connectivity index (χ1n) is 8.73. The van der Waals surface area contributed by atoms with Gasteiger partial charge in [0.25, 0.3) is 0 Å². The van der Waals surface area contributed by atoms with Gasteiger partial charge in [0.2, 0.25) is 0 Å². The smallest absolute Gasteiger partial charge is 0.163 e. The number of ketones is 1. The van der Waals surface area contributed by atoms with Crippen LogP contribution in [0.4, 0.5) is 5.69 Å². The minimum Gasteiger partial charge on any atom is -0.294 e. The lowest BCUT2D eigenvalue weighted by Gasteiger charge is -2.26. The molecule has 0 aromatic heterocycles. The molecule has 3 nitrogen and oxygen atoms in total. The second-order valence-corrected chi connectivity index (χ2v) is 9.31. The summed E-state index contributed by atoms with van der Waals surface area (Å²) in [5.74, 6) is 0.214. The van der Waals surface area contributed by atoms with Crippen LogP contribution in [0.15, 0.2) is 88.1 Å². The summed E-state index contributed by atoms with van der Waals surface area (Å²) in [7, 11) is -2.61. The number of fused-ring (bicyclic) bond motifs is 1. The molecule has 0 bridgehead atoms. The van der Waals surface area contributed by atoms with Crippen LogP contribution in [0.2, 0.25) is 5.02 Å². The Hall–Kier alpha value is -2.43. The Bertz CT molecular complexity index is 1100. The maximum absolute atomic E-state index is 13.6. The van der Waals surface area contributed by atoms with Crippen LogP contribution in [-0.4, -0.2) is 15.7 Å². The highest BCUT2D eigenvalue weighted by atomic mass is 35.5. The molecule has 1 aliphatic heterocycles. The molecule has 3 aromatic rings. The van der Waals surface area contributed by atoms with Crippen molar-refractivity contribution < 1.29 is 9.00 Å². The molecule has 0 spiro atoms. The maximum atomic E-state index is 13.6. The second kappa shape index (κ2) is 7.29. The van der Waals surface area contributed by atoms with E-state index in [9.17, 15) is 9.00 Å². The number of carbonyl (C=O) groups is 1. The number of hydrogen-bond acceptors (Lipinski definition) is 3. The number of hydrogen-bond donors (Lipinski definition) is 0. The lowest BCUT2D eigenvalue weighted by Crippen LogP contribution is -2.21. The van der Waals surface area contributed by atoms with Crippen LogP contribution >= 0.6 is 11.6 Å². The molecule has 27 heavy (non-hydrogen) atoms. The van der Waals surface area contributed by atoms with E-state index in [2.05, 4.69) is 4.36 Å². The summed E-state index contributed by atoms with van der Waals surface area (Å²) >= 11 is 5.92. The molecule has 0 radical (unpaired) electrons. The van der Waals surface area contributed by atoms with Gasteiger partial charge in [0.1, 0.15) is 0 Å². The normalized spacial score (nSPS) is 21.1. The predicted octanol–water partition coefficient (Wildman–Crippen LogP) is 5.87. The summed E-state index contributed by atoms with van der Waals surface area (Å²) in [5.41, 5.74) is 2.31. The largest absolute Gasteiger partial charge is 0.294 e. The SMILES string of the molecule is O=C(C[C@@H]1C[S@](=O)(c2ccccc2)=Nc2ccccc21)c1ccc(Cl)cc1. The standard InChI is InChI=1S/C22H18ClNO2S/c23-18-12-10-16(11-13-18)22(25)14-17-15-27(26,19-6-2-1-3-7-19)24-21-9-5-4-8-20(17)21/h1-13,17H,14-15H2/t17-,27+/m1/s1. The van der Waals surface area contributed by atoms with Gasteiger partial charge in [0.15, 0.2) is 5.78 Å². The molecule has 1 heterocycles. The number of benzene rings is 3. The molecule has 0 amide bonds. The molecule has 3 aromatic carbocycles. The molecule has 2 atom stereocenters. The monoisotopic (exact) mass is 395 g/mol. The molecule has 1 aliphatic rings. The van der Waals surface area contributed by atoms with Crippen LogP contribution in [-0.2, 0) is 9.73 Å². The van der Waals surface area contributed by atoms with E-state index in [0.717, 1.165) is 5.56 Å². The quantitative estimate of drug-likeness (QED) is 0.518. The Labute approximate surface area is 164 Å². The van der Waals surface area contributed by atoms with Crippen LogP contribution in [0.1, 0.15) is 28.3 Å². The highest BCUT2D eigenvalue weighted by Gasteiger charge is 2.29. The van der Waals surface area contributed by atoms with Gasteiger partial charge in [-0.05, 0) is 48.0 Å². The molecule has 0 aliphatic carbocycles. The minimum absolute atomic E-state index is 0.0168. The predicted molar refractivity (Wildman–Crippen MR) is 109 cm³/mol. The van der Waals surface area contributed by atoms with Gasteiger partial charge in [0.05, 0.1) is 15.4 Å². The lowest BCUT2D eigenvalue weighted by molar-refractivity contribution is 0.0976. The fourth-order valence-corrected chi connectivity index (χ4v) is 5.81. The van der Waals surface area contributed by atoms with Crippen molar-refractivity contribution in [1.29, 1.82) is 0 Å².